The van der Waals surface area contributed by atoms with Crippen molar-refractivity contribution < 1.29 is 9.53 Å². The number of amides is 2. The summed E-state index contributed by atoms with van der Waals surface area (Å²) in [7, 11) is 1.69. The minimum atomic E-state index is -0.188. The molecule has 31 heavy (non-hydrogen) atoms. The Morgan fingerprint density at radius 2 is 1.84 bits per heavy atom. The summed E-state index contributed by atoms with van der Waals surface area (Å²) >= 11 is 0. The van der Waals surface area contributed by atoms with Crippen molar-refractivity contribution in [3.63, 3.8) is 0 Å². The van der Waals surface area contributed by atoms with E-state index in [4.69, 9.17) is 4.74 Å². The molecular formula is C26H25N3O2. The van der Waals surface area contributed by atoms with Crippen molar-refractivity contribution in [1.29, 1.82) is 0 Å². The maximum absolute atomic E-state index is 13.3. The van der Waals surface area contributed by atoms with E-state index in [1.165, 1.54) is 11.1 Å². The van der Waals surface area contributed by atoms with E-state index >= 15 is 0 Å². The number of rotatable bonds is 3. The highest BCUT2D eigenvalue weighted by Crippen LogP contribution is 2.39. The van der Waals surface area contributed by atoms with Crippen LogP contribution >= 0.6 is 0 Å². The number of aryl methyl sites for hydroxylation is 1. The number of fused-ring (bicyclic) bond motifs is 3. The summed E-state index contributed by atoms with van der Waals surface area (Å²) in [4.78, 5) is 18.8. The van der Waals surface area contributed by atoms with Gasteiger partial charge in [-0.25, -0.2) is 4.79 Å². The zero-order valence-electron chi connectivity index (χ0n) is 17.7. The molecule has 0 fully saturated rings. The lowest BCUT2D eigenvalue weighted by Gasteiger charge is -2.36. The Kier molecular flexibility index (Phi) is 4.86. The number of nitrogens with one attached hydrogen (secondary N) is 2. The van der Waals surface area contributed by atoms with Crippen LogP contribution in [0.4, 0.5) is 10.5 Å². The number of methoxy groups -OCH3 is 1. The average Bonchev–Trinajstić information content (AvgIpc) is 3.17. The maximum Gasteiger partial charge on any atom is 0.322 e. The lowest BCUT2D eigenvalue weighted by atomic mass is 9.92. The largest absolute Gasteiger partial charge is 0.497 e. The minimum Gasteiger partial charge on any atom is -0.497 e. The molecule has 0 spiro atoms. The van der Waals surface area contributed by atoms with E-state index in [2.05, 4.69) is 47.6 Å². The molecule has 1 aromatic heterocycles. The molecular weight excluding hydrogens is 386 g/mol. The third kappa shape index (κ3) is 3.52. The molecule has 1 atom stereocenters. The van der Waals surface area contributed by atoms with Crippen molar-refractivity contribution in [3.8, 4) is 5.75 Å². The Bertz CT molecular complexity index is 1230. The minimum absolute atomic E-state index is 0.0985. The Labute approximate surface area is 181 Å². The van der Waals surface area contributed by atoms with E-state index in [0.717, 1.165) is 40.0 Å². The Morgan fingerprint density at radius 1 is 1.06 bits per heavy atom. The molecule has 2 amide bonds. The van der Waals surface area contributed by atoms with Crippen LogP contribution in [-0.2, 0) is 6.42 Å². The van der Waals surface area contributed by atoms with Gasteiger partial charge in [0, 0.05) is 28.8 Å². The Morgan fingerprint density at radius 3 is 2.58 bits per heavy atom. The first-order chi connectivity index (χ1) is 15.1. The van der Waals surface area contributed by atoms with E-state index in [0.29, 0.717) is 6.54 Å². The number of anilines is 1. The lowest BCUT2D eigenvalue weighted by molar-refractivity contribution is 0.193. The number of carbonyl (C=O) groups excluding carboxylic acids is 1. The number of para-hydroxylation sites is 1. The van der Waals surface area contributed by atoms with Crippen molar-refractivity contribution >= 4 is 22.6 Å². The number of aromatic amines is 1. The van der Waals surface area contributed by atoms with Crippen molar-refractivity contribution in [2.24, 2.45) is 0 Å². The molecule has 0 bridgehead atoms. The van der Waals surface area contributed by atoms with Gasteiger partial charge in [0.05, 0.1) is 13.2 Å². The summed E-state index contributed by atoms with van der Waals surface area (Å²) in [5.41, 5.74) is 6.47. The highest BCUT2D eigenvalue weighted by molar-refractivity contribution is 5.91. The second kappa shape index (κ2) is 7.84. The number of carbonyl (C=O) groups is 1. The average molecular weight is 412 g/mol. The molecule has 0 aliphatic carbocycles. The highest BCUT2D eigenvalue weighted by atomic mass is 16.5. The van der Waals surface area contributed by atoms with Gasteiger partial charge in [-0.3, -0.25) is 0 Å². The van der Waals surface area contributed by atoms with Crippen LogP contribution < -0.4 is 10.1 Å². The summed E-state index contributed by atoms with van der Waals surface area (Å²) in [5, 5.41) is 4.22. The fraction of sp³-hybridized carbons (Fsp3) is 0.192. The SMILES string of the molecule is COc1ccc2[nH]c3c(c2c1)CCN(C(=O)Nc1ccccc1)[C@H]3c1ccc(C)cc1. The fourth-order valence-electron chi connectivity index (χ4n) is 4.43. The van der Waals surface area contributed by atoms with Gasteiger partial charge in [0.25, 0.3) is 0 Å². The molecule has 4 aromatic rings. The summed E-state index contributed by atoms with van der Waals surface area (Å²) in [5.74, 6) is 0.838. The van der Waals surface area contributed by atoms with Crippen LogP contribution in [0.15, 0.2) is 72.8 Å². The van der Waals surface area contributed by atoms with Crippen LogP contribution in [0.2, 0.25) is 0 Å². The smallest absolute Gasteiger partial charge is 0.322 e. The van der Waals surface area contributed by atoms with Crippen LogP contribution in [0.5, 0.6) is 5.75 Å². The zero-order chi connectivity index (χ0) is 21.4. The molecule has 3 aromatic carbocycles. The number of benzene rings is 3. The predicted octanol–water partition coefficient (Wildman–Crippen LogP) is 5.66. The quantitative estimate of drug-likeness (QED) is 0.457. The predicted molar refractivity (Wildman–Crippen MR) is 124 cm³/mol. The normalized spacial score (nSPS) is 15.5. The summed E-state index contributed by atoms with van der Waals surface area (Å²) < 4.78 is 5.44. The second-order valence-corrected chi connectivity index (χ2v) is 7.98. The van der Waals surface area contributed by atoms with Gasteiger partial charge in [0.2, 0.25) is 0 Å². The number of hydrogen-bond donors (Lipinski definition) is 2. The number of ether oxygens (including phenoxy) is 1. The van der Waals surface area contributed by atoms with Gasteiger partial charge in [-0.05, 0) is 54.8 Å². The molecule has 1 aliphatic rings. The topological polar surface area (TPSA) is 57.4 Å². The summed E-state index contributed by atoms with van der Waals surface area (Å²) in [6.07, 6.45) is 0.785. The monoisotopic (exact) mass is 411 g/mol. The molecule has 0 saturated carbocycles. The van der Waals surface area contributed by atoms with Crippen molar-refractivity contribution in [2.75, 3.05) is 19.0 Å². The Balaban J connectivity index is 1.59. The molecule has 5 nitrogen and oxygen atoms in total. The van der Waals surface area contributed by atoms with Gasteiger partial charge in [0.15, 0.2) is 0 Å². The van der Waals surface area contributed by atoms with Crippen molar-refractivity contribution in [2.45, 2.75) is 19.4 Å². The number of urea groups is 1. The molecule has 0 saturated heterocycles. The summed E-state index contributed by atoms with van der Waals surface area (Å²) in [6, 6.07) is 23.8. The van der Waals surface area contributed by atoms with Crippen LogP contribution in [0, 0.1) is 6.92 Å². The second-order valence-electron chi connectivity index (χ2n) is 7.98. The standard InChI is InChI=1S/C26H25N3O2/c1-17-8-10-18(11-9-17)25-24-21(22-16-20(31-2)12-13-23(22)28-24)14-15-29(25)26(30)27-19-6-4-3-5-7-19/h3-13,16,25,28H,14-15H2,1-2H3,(H,27,30)/t25-/m0/s1. The highest BCUT2D eigenvalue weighted by Gasteiger charge is 2.34. The molecule has 0 unspecified atom stereocenters. The van der Waals surface area contributed by atoms with Gasteiger partial charge in [0.1, 0.15) is 5.75 Å². The first-order valence-corrected chi connectivity index (χ1v) is 10.5. The van der Waals surface area contributed by atoms with Crippen LogP contribution in [0.3, 0.4) is 0 Å². The third-order valence-electron chi connectivity index (χ3n) is 6.01. The van der Waals surface area contributed by atoms with Crippen LogP contribution in [0.1, 0.15) is 28.4 Å². The number of H-pyrrole nitrogens is 1. The number of aromatic nitrogens is 1. The molecule has 2 N–H and O–H groups in total. The first kappa shape index (κ1) is 19.2. The zero-order valence-corrected chi connectivity index (χ0v) is 17.7. The summed E-state index contributed by atoms with van der Waals surface area (Å²) in [6.45, 7) is 2.71. The van der Waals surface area contributed by atoms with E-state index in [1.54, 1.807) is 7.11 Å². The van der Waals surface area contributed by atoms with Crippen LogP contribution in [-0.4, -0.2) is 29.6 Å². The molecule has 0 radical (unpaired) electrons. The Hall–Kier alpha value is -3.73. The van der Waals surface area contributed by atoms with E-state index in [-0.39, 0.29) is 12.1 Å². The van der Waals surface area contributed by atoms with Gasteiger partial charge in [-0.2, -0.15) is 0 Å². The van der Waals surface area contributed by atoms with E-state index in [1.807, 2.05) is 47.4 Å². The molecule has 5 rings (SSSR count). The van der Waals surface area contributed by atoms with Gasteiger partial charge in [-0.1, -0.05) is 48.0 Å². The van der Waals surface area contributed by atoms with E-state index in [9.17, 15) is 4.79 Å². The molecule has 2 heterocycles. The molecule has 5 heteroatoms. The molecule has 1 aliphatic heterocycles. The lowest BCUT2D eigenvalue weighted by Crippen LogP contribution is -2.43. The fourth-order valence-corrected chi connectivity index (χ4v) is 4.43. The third-order valence-corrected chi connectivity index (χ3v) is 6.01. The van der Waals surface area contributed by atoms with Crippen molar-refractivity contribution in [3.05, 3.63) is 95.2 Å². The van der Waals surface area contributed by atoms with Gasteiger partial charge < -0.3 is 19.9 Å². The first-order valence-electron chi connectivity index (χ1n) is 10.5. The van der Waals surface area contributed by atoms with Crippen LogP contribution in [0.25, 0.3) is 10.9 Å². The molecule has 156 valence electrons. The van der Waals surface area contributed by atoms with E-state index < -0.39 is 0 Å². The van der Waals surface area contributed by atoms with Crippen molar-refractivity contribution in [1.82, 2.24) is 9.88 Å². The number of hydrogen-bond acceptors (Lipinski definition) is 2. The van der Waals surface area contributed by atoms with Gasteiger partial charge >= 0.3 is 6.03 Å². The van der Waals surface area contributed by atoms with Gasteiger partial charge in [-0.15, -0.1) is 0 Å². The maximum atomic E-state index is 13.3. The number of nitrogens with zero attached hydrogens (tertiary/aromatic N) is 1.